The van der Waals surface area contributed by atoms with E-state index in [2.05, 4.69) is 76.6 Å². The number of nitrogens with zero attached hydrogens (tertiary/aromatic N) is 3. The van der Waals surface area contributed by atoms with E-state index in [-0.39, 0.29) is 11.5 Å². The third-order valence-corrected chi connectivity index (χ3v) is 7.10. The van der Waals surface area contributed by atoms with Gasteiger partial charge >= 0.3 is 0 Å². The third kappa shape index (κ3) is 21.4. The smallest absolute Gasteiger partial charge is 0.259 e. The number of aldehydes is 1. The van der Waals surface area contributed by atoms with Gasteiger partial charge in [0.2, 0.25) is 0 Å². The molecule has 8 nitrogen and oxygen atoms in total. The van der Waals surface area contributed by atoms with Crippen LogP contribution in [0.25, 0.3) is 0 Å². The van der Waals surface area contributed by atoms with Crippen LogP contribution < -0.4 is 5.48 Å². The highest BCUT2D eigenvalue weighted by atomic mass is 31.2. The summed E-state index contributed by atoms with van der Waals surface area (Å²) in [6, 6.07) is 3.35. The molecule has 1 heterocycles. The number of carbonyl (C=O) groups is 1. The van der Waals surface area contributed by atoms with E-state index in [9.17, 15) is 4.79 Å². The van der Waals surface area contributed by atoms with Crippen LogP contribution in [0.15, 0.2) is 0 Å². The fourth-order valence-electron chi connectivity index (χ4n) is 3.20. The molecular weight excluding hydrogens is 475 g/mol. The lowest BCUT2D eigenvalue weighted by Gasteiger charge is -2.36. The van der Waals surface area contributed by atoms with Gasteiger partial charge in [-0.3, -0.25) is 0 Å². The number of hydrogen-bond donors (Lipinski definition) is 1. The first-order chi connectivity index (χ1) is 16.8. The molecule has 1 aliphatic rings. The van der Waals surface area contributed by atoms with Gasteiger partial charge < -0.3 is 23.6 Å². The number of likely N-dealkylation sites (N-methyl/N-ethyl adjacent to an activating group) is 1. The Kier molecular flexibility index (Phi) is 23.3. The molecule has 0 bridgehead atoms. The van der Waals surface area contributed by atoms with Gasteiger partial charge in [0.1, 0.15) is 6.29 Å². The van der Waals surface area contributed by atoms with Crippen molar-refractivity contribution in [2.24, 2.45) is 5.41 Å². The third-order valence-electron chi connectivity index (χ3n) is 4.92. The Labute approximate surface area is 224 Å². The minimum Gasteiger partial charge on any atom is -0.321 e. The van der Waals surface area contributed by atoms with Gasteiger partial charge in [0, 0.05) is 36.6 Å². The van der Waals surface area contributed by atoms with Crippen molar-refractivity contribution < 1.29 is 18.7 Å². The zero-order valence-corrected chi connectivity index (χ0v) is 26.1. The van der Waals surface area contributed by atoms with Crippen LogP contribution in [0.2, 0.25) is 0 Å². The van der Waals surface area contributed by atoms with Gasteiger partial charge in [0.25, 0.3) is 8.53 Å². The van der Waals surface area contributed by atoms with E-state index in [0.717, 1.165) is 38.8 Å². The summed E-state index contributed by atoms with van der Waals surface area (Å²) in [4.78, 5) is 17.3. The minimum absolute atomic E-state index is 0.139. The molecule has 3 unspecified atom stereocenters. The average molecular weight is 533 g/mol. The molecule has 0 saturated carbocycles. The van der Waals surface area contributed by atoms with Gasteiger partial charge in [0.15, 0.2) is 0 Å². The zero-order chi connectivity index (χ0) is 28.1. The Balaban J connectivity index is 0. The summed E-state index contributed by atoms with van der Waals surface area (Å²) in [6.07, 6.45) is 6.12. The molecule has 1 rings (SSSR count). The van der Waals surface area contributed by atoms with Gasteiger partial charge in [-0.05, 0) is 60.9 Å². The molecular formula is C27H57N4O4P. The van der Waals surface area contributed by atoms with Gasteiger partial charge in [-0.1, -0.05) is 41.0 Å². The normalized spacial score (nSPS) is 17.8. The molecule has 1 saturated heterocycles. The molecule has 9 heteroatoms. The number of rotatable bonds is 14. The quantitative estimate of drug-likeness (QED) is 0.120. The van der Waals surface area contributed by atoms with Gasteiger partial charge in [-0.15, -0.1) is 0 Å². The largest absolute Gasteiger partial charge is 0.321 e. The first-order valence-corrected chi connectivity index (χ1v) is 14.7. The van der Waals surface area contributed by atoms with Crippen LogP contribution in [0, 0.1) is 16.7 Å². The molecule has 0 amide bonds. The summed E-state index contributed by atoms with van der Waals surface area (Å²) in [5.41, 5.74) is 2.85. The predicted octanol–water partition coefficient (Wildman–Crippen LogP) is 6.32. The second-order valence-electron chi connectivity index (χ2n) is 11.0. The monoisotopic (exact) mass is 532 g/mol. The van der Waals surface area contributed by atoms with E-state index in [1.165, 1.54) is 12.8 Å². The van der Waals surface area contributed by atoms with Crippen LogP contribution >= 0.6 is 8.53 Å². The van der Waals surface area contributed by atoms with Crippen LogP contribution in [0.1, 0.15) is 101 Å². The summed E-state index contributed by atoms with van der Waals surface area (Å²) in [5, 5.41) is 8.67. The molecule has 1 aliphatic heterocycles. The molecule has 3 atom stereocenters. The van der Waals surface area contributed by atoms with Gasteiger partial charge in [0.05, 0.1) is 31.8 Å². The Morgan fingerprint density at radius 2 is 1.72 bits per heavy atom. The molecule has 0 aromatic rings. The van der Waals surface area contributed by atoms with E-state index in [0.29, 0.717) is 31.2 Å². The van der Waals surface area contributed by atoms with E-state index in [1.54, 1.807) is 0 Å². The maximum Gasteiger partial charge on any atom is 0.259 e. The fraction of sp³-hybridized carbons (Fsp3) is 0.926. The van der Waals surface area contributed by atoms with Crippen molar-refractivity contribution in [3.8, 4) is 6.07 Å². The Bertz CT molecular complexity index is 559. The lowest BCUT2D eigenvalue weighted by Crippen LogP contribution is -2.35. The van der Waals surface area contributed by atoms with Crippen LogP contribution in [0.3, 0.4) is 0 Å². The molecule has 1 fully saturated rings. The topological polar surface area (TPSA) is 87.1 Å². The molecule has 0 spiro atoms. The number of likely N-dealkylation sites (tertiary alicyclic amines) is 1. The second-order valence-corrected chi connectivity index (χ2v) is 12.4. The molecule has 214 valence electrons. The summed E-state index contributed by atoms with van der Waals surface area (Å²) in [7, 11) is 1.03. The van der Waals surface area contributed by atoms with E-state index < -0.39 is 8.53 Å². The number of nitrogens with one attached hydrogen (secondary N) is 1. The maximum absolute atomic E-state index is 9.83. The van der Waals surface area contributed by atoms with Crippen molar-refractivity contribution >= 4 is 14.8 Å². The highest BCUT2D eigenvalue weighted by Gasteiger charge is 2.31. The Morgan fingerprint density at radius 1 is 1.14 bits per heavy atom. The van der Waals surface area contributed by atoms with Crippen LogP contribution in [-0.2, 0) is 18.7 Å². The Hall–Kier alpha value is -0.650. The van der Waals surface area contributed by atoms with Crippen molar-refractivity contribution in [2.45, 2.75) is 126 Å². The van der Waals surface area contributed by atoms with E-state index >= 15 is 0 Å². The number of carbonyl (C=O) groups excluding carboxylic acids is 1. The van der Waals surface area contributed by atoms with Crippen LogP contribution in [0.5, 0.6) is 0 Å². The number of hydroxylamine groups is 1. The summed E-state index contributed by atoms with van der Waals surface area (Å²) in [5.74, 6) is 0. The standard InChI is InChI=1S/C14H28N3O2P.C8H19NO.C5H10O/c1-12(2)17(13(3)4)20(18-10-6-8-15)19-14-7-9-16(5)11-14;1-4-6-8(3)9-10-7-5-2;1-5(2,3)4-6/h12-14H,6-7,9-11H2,1-5H3;8-9H,4-7H2,1-3H3;4H,1-3H3. The van der Waals surface area contributed by atoms with Crippen molar-refractivity contribution in [1.82, 2.24) is 15.1 Å². The molecule has 1 N–H and O–H groups in total. The predicted molar refractivity (Wildman–Crippen MR) is 151 cm³/mol. The van der Waals surface area contributed by atoms with E-state index in [4.69, 9.17) is 19.1 Å². The first-order valence-electron chi connectivity index (χ1n) is 13.6. The van der Waals surface area contributed by atoms with Crippen molar-refractivity contribution in [1.29, 1.82) is 5.26 Å². The van der Waals surface area contributed by atoms with Crippen LogP contribution in [-0.4, -0.2) is 73.4 Å². The summed E-state index contributed by atoms with van der Waals surface area (Å²) < 4.78 is 14.4. The van der Waals surface area contributed by atoms with Crippen molar-refractivity contribution in [3.63, 3.8) is 0 Å². The van der Waals surface area contributed by atoms with E-state index in [1.807, 2.05) is 20.8 Å². The van der Waals surface area contributed by atoms with Crippen molar-refractivity contribution in [2.75, 3.05) is 33.4 Å². The molecule has 0 aromatic heterocycles. The highest BCUT2D eigenvalue weighted by Crippen LogP contribution is 2.47. The SMILES string of the molecule is CC(C)(C)C=O.CC(C)N(C(C)C)P(OCCC#N)OC1CCN(C)C1.CCCONC(C)CCC. The number of hydrogen-bond acceptors (Lipinski definition) is 8. The molecule has 36 heavy (non-hydrogen) atoms. The second kappa shape index (κ2) is 22.3. The first kappa shape index (κ1) is 37.5. The molecule has 0 aromatic carbocycles. The highest BCUT2D eigenvalue weighted by molar-refractivity contribution is 7.44. The lowest BCUT2D eigenvalue weighted by atomic mass is 10.0. The fourth-order valence-corrected chi connectivity index (χ4v) is 4.93. The summed E-state index contributed by atoms with van der Waals surface area (Å²) >= 11 is 0. The zero-order valence-electron chi connectivity index (χ0n) is 25.2. The Morgan fingerprint density at radius 3 is 2.11 bits per heavy atom. The maximum atomic E-state index is 9.83. The molecule has 0 radical (unpaired) electrons. The molecule has 0 aliphatic carbocycles. The van der Waals surface area contributed by atoms with Crippen LogP contribution in [0.4, 0.5) is 0 Å². The van der Waals surface area contributed by atoms with Crippen molar-refractivity contribution in [3.05, 3.63) is 0 Å². The average Bonchev–Trinajstić information content (AvgIpc) is 3.18. The summed E-state index contributed by atoms with van der Waals surface area (Å²) in [6.45, 7) is 24.0. The number of nitriles is 1. The lowest BCUT2D eigenvalue weighted by molar-refractivity contribution is -0.113. The minimum atomic E-state index is -1.09. The van der Waals surface area contributed by atoms with Gasteiger partial charge in [-0.25, -0.2) is 4.67 Å². The van der Waals surface area contributed by atoms with Gasteiger partial charge in [-0.2, -0.15) is 10.7 Å².